The van der Waals surface area contributed by atoms with Crippen molar-refractivity contribution in [1.82, 2.24) is 0 Å². The monoisotopic (exact) mass is 910 g/mol. The van der Waals surface area contributed by atoms with Crippen molar-refractivity contribution in [3.8, 4) is 67.5 Å². The minimum absolute atomic E-state index is 0. The summed E-state index contributed by atoms with van der Waals surface area (Å²) in [7, 11) is 0. The Kier molecular flexibility index (Phi) is 14.8. The fourth-order valence-electron chi connectivity index (χ4n) is 7.85. The van der Waals surface area contributed by atoms with Crippen molar-refractivity contribution in [1.29, 1.82) is 0 Å². The van der Waals surface area contributed by atoms with Crippen LogP contribution in [0.15, 0.2) is 203 Å². The van der Waals surface area contributed by atoms with Crippen LogP contribution in [0.2, 0.25) is 0 Å². The van der Waals surface area contributed by atoms with E-state index in [0.717, 1.165) is 45.3 Å². The van der Waals surface area contributed by atoms with Crippen molar-refractivity contribution in [2.45, 2.75) is 39.5 Å². The van der Waals surface area contributed by atoms with Crippen LogP contribution in [0.5, 0.6) is 0 Å². The van der Waals surface area contributed by atoms with Gasteiger partial charge in [0.05, 0.1) is 11.5 Å². The van der Waals surface area contributed by atoms with E-state index in [1.54, 1.807) is 0 Å². The van der Waals surface area contributed by atoms with Gasteiger partial charge in [0, 0.05) is 11.1 Å². The number of benzene rings is 6. The molecule has 5 heteroatoms. The molecule has 0 spiro atoms. The zero-order valence-corrected chi connectivity index (χ0v) is 38.7. The van der Waals surface area contributed by atoms with E-state index in [1.807, 2.05) is 48.5 Å². The maximum Gasteiger partial charge on any atom is 4.00 e. The van der Waals surface area contributed by atoms with Gasteiger partial charge in [-0.15, -0.1) is 57.9 Å². The molecule has 0 saturated heterocycles. The molecule has 0 saturated carbocycles. The Morgan fingerprint density at radius 3 is 1.08 bits per heavy atom. The zero-order valence-electron chi connectivity index (χ0n) is 34.7. The molecule has 0 bridgehead atoms. The topological polar surface area (TPSA) is 26.3 Å². The van der Waals surface area contributed by atoms with Crippen LogP contribution in [0.25, 0.3) is 89.1 Å². The molecular formula is C56H46Cl2O2Zr. The number of hydrogen-bond donors (Lipinski definition) is 0. The van der Waals surface area contributed by atoms with E-state index in [9.17, 15) is 0 Å². The van der Waals surface area contributed by atoms with Gasteiger partial charge in [0.15, 0.2) is 0 Å². The van der Waals surface area contributed by atoms with Gasteiger partial charge in [-0.05, 0) is 58.4 Å². The predicted molar refractivity (Wildman–Crippen MR) is 244 cm³/mol. The molecule has 0 unspecified atom stereocenters. The molecule has 0 aliphatic heterocycles. The van der Waals surface area contributed by atoms with Crippen molar-refractivity contribution >= 4 is 21.5 Å². The van der Waals surface area contributed by atoms with Gasteiger partial charge in [-0.3, -0.25) is 0 Å². The fourth-order valence-corrected chi connectivity index (χ4v) is 7.85. The summed E-state index contributed by atoms with van der Waals surface area (Å²) in [5.41, 5.74) is 12.2. The second-order valence-corrected chi connectivity index (χ2v) is 15.7. The van der Waals surface area contributed by atoms with E-state index in [4.69, 9.17) is 8.83 Å². The van der Waals surface area contributed by atoms with Gasteiger partial charge < -0.3 is 33.6 Å². The maximum absolute atomic E-state index is 6.17. The van der Waals surface area contributed by atoms with Gasteiger partial charge in [-0.1, -0.05) is 183 Å². The molecule has 0 fully saturated rings. The zero-order chi connectivity index (χ0) is 39.6. The molecule has 0 amide bonds. The molecule has 61 heavy (non-hydrogen) atoms. The number of halogens is 2. The quantitative estimate of drug-likeness (QED) is 0.142. The smallest absolute Gasteiger partial charge is 1.00 e. The van der Waals surface area contributed by atoms with Gasteiger partial charge in [0.2, 0.25) is 0 Å². The molecule has 8 aromatic carbocycles. The average Bonchev–Trinajstić information content (AvgIpc) is 4.10. The third kappa shape index (κ3) is 9.72. The molecule has 2 heterocycles. The minimum Gasteiger partial charge on any atom is -1.00 e. The van der Waals surface area contributed by atoms with E-state index in [-0.39, 0.29) is 51.0 Å². The molecule has 2 nitrogen and oxygen atoms in total. The summed E-state index contributed by atoms with van der Waals surface area (Å²) in [6, 6.07) is 68.5. The number of hydrogen-bond acceptors (Lipinski definition) is 2. The van der Waals surface area contributed by atoms with Gasteiger partial charge in [-0.2, -0.15) is 0 Å². The van der Waals surface area contributed by atoms with Crippen molar-refractivity contribution in [2.24, 2.45) is 0 Å². The standard InChI is InChI=1S/2C28H23O.2ClH.Zr/c2*1-19(2)20-11-13-21(14-12-20)25-10-6-9-23-17-24(18-26(23)25)28-16-15-27(29-28)22-7-4-3-5-8-22;;;/h2*3-19H,1-2H3;2*1H;/q2*-1;;;+4/p-2. The Morgan fingerprint density at radius 2 is 0.721 bits per heavy atom. The summed E-state index contributed by atoms with van der Waals surface area (Å²) in [5, 5.41) is 5.00. The first-order valence-electron chi connectivity index (χ1n) is 20.3. The van der Waals surface area contributed by atoms with Crippen molar-refractivity contribution in [3.63, 3.8) is 0 Å². The summed E-state index contributed by atoms with van der Waals surface area (Å²) in [5.74, 6) is 4.69. The fraction of sp³-hybridized carbons (Fsp3) is 0.107. The van der Waals surface area contributed by atoms with Crippen LogP contribution in [0.4, 0.5) is 0 Å². The van der Waals surface area contributed by atoms with Crippen molar-refractivity contribution in [2.75, 3.05) is 0 Å². The second-order valence-electron chi connectivity index (χ2n) is 15.7. The predicted octanol–water partition coefficient (Wildman–Crippen LogP) is 10.6. The minimum atomic E-state index is 0. The van der Waals surface area contributed by atoms with E-state index in [2.05, 4.69) is 173 Å². The normalized spacial score (nSPS) is 10.9. The molecule has 0 radical (unpaired) electrons. The largest absolute Gasteiger partial charge is 4.00 e. The Bertz CT molecular complexity index is 2730. The summed E-state index contributed by atoms with van der Waals surface area (Å²) >= 11 is 0. The number of fused-ring (bicyclic) bond motifs is 2. The first-order chi connectivity index (χ1) is 28.4. The summed E-state index contributed by atoms with van der Waals surface area (Å²) in [6.07, 6.45) is 0. The van der Waals surface area contributed by atoms with Gasteiger partial charge >= 0.3 is 26.2 Å². The third-order valence-corrected chi connectivity index (χ3v) is 11.2. The Labute approximate surface area is 391 Å². The van der Waals surface area contributed by atoms with Crippen LogP contribution in [0.1, 0.15) is 50.7 Å². The Hall–Kier alpha value is -5.44. The van der Waals surface area contributed by atoms with E-state index in [1.165, 1.54) is 54.9 Å². The van der Waals surface area contributed by atoms with Gasteiger partial charge in [0.1, 0.15) is 11.5 Å². The Morgan fingerprint density at radius 1 is 0.361 bits per heavy atom. The second kappa shape index (κ2) is 20.0. The molecular weight excluding hydrogens is 867 g/mol. The van der Waals surface area contributed by atoms with Crippen LogP contribution in [-0.2, 0) is 26.2 Å². The number of rotatable bonds is 8. The maximum atomic E-state index is 6.17. The van der Waals surface area contributed by atoms with Gasteiger partial charge in [-0.25, -0.2) is 0 Å². The van der Waals surface area contributed by atoms with Crippen LogP contribution < -0.4 is 24.8 Å². The summed E-state index contributed by atoms with van der Waals surface area (Å²) in [4.78, 5) is 0. The molecule has 300 valence electrons. The van der Waals surface area contributed by atoms with E-state index < -0.39 is 0 Å². The van der Waals surface area contributed by atoms with Crippen molar-refractivity contribution < 1.29 is 59.9 Å². The van der Waals surface area contributed by atoms with E-state index in [0.29, 0.717) is 11.8 Å². The molecule has 0 aliphatic rings. The third-order valence-electron chi connectivity index (χ3n) is 11.2. The average molecular weight is 913 g/mol. The SMILES string of the molecule is CC(C)c1ccc(-c2cccc3[cH-]c(-c4ccc(-c5ccccc5)o4)cc23)cc1.CC(C)c1ccc(-c2cccc3[cH-]c(-c4ccc(-c5ccccc5)o4)cc23)cc1.[Cl-].[Cl-].[Zr+4]. The number of furan rings is 2. The van der Waals surface area contributed by atoms with Gasteiger partial charge in [0.25, 0.3) is 0 Å². The molecule has 0 aliphatic carbocycles. The van der Waals surface area contributed by atoms with Crippen molar-refractivity contribution in [3.05, 3.63) is 205 Å². The molecule has 10 aromatic rings. The van der Waals surface area contributed by atoms with Crippen LogP contribution in [0.3, 0.4) is 0 Å². The summed E-state index contributed by atoms with van der Waals surface area (Å²) in [6.45, 7) is 8.91. The Balaban J connectivity index is 0.000000194. The molecule has 0 atom stereocenters. The van der Waals surface area contributed by atoms with Crippen LogP contribution in [-0.4, -0.2) is 0 Å². The molecule has 0 N–H and O–H groups in total. The van der Waals surface area contributed by atoms with Crippen LogP contribution in [0, 0.1) is 0 Å². The summed E-state index contributed by atoms with van der Waals surface area (Å²) < 4.78 is 12.3. The van der Waals surface area contributed by atoms with E-state index >= 15 is 0 Å². The first kappa shape index (κ1) is 45.1. The first-order valence-corrected chi connectivity index (χ1v) is 20.3. The van der Waals surface area contributed by atoms with Crippen LogP contribution >= 0.6 is 0 Å². The molecule has 10 rings (SSSR count). The molecule has 2 aromatic heterocycles.